The first-order valence-electron chi connectivity index (χ1n) is 5.43. The molecule has 18 heavy (non-hydrogen) atoms. The van der Waals surface area contributed by atoms with Crippen LogP contribution in [0.15, 0.2) is 18.2 Å². The van der Waals surface area contributed by atoms with Crippen LogP contribution in [-0.2, 0) is 0 Å². The molecule has 0 unspecified atom stereocenters. The van der Waals surface area contributed by atoms with Crippen molar-refractivity contribution in [3.8, 4) is 23.0 Å². The highest BCUT2D eigenvalue weighted by Crippen LogP contribution is 2.37. The van der Waals surface area contributed by atoms with Crippen molar-refractivity contribution < 1.29 is 18.9 Å². The fourth-order valence-corrected chi connectivity index (χ4v) is 1.82. The van der Waals surface area contributed by atoms with Gasteiger partial charge in [-0.3, -0.25) is 0 Å². The van der Waals surface area contributed by atoms with Gasteiger partial charge < -0.3 is 18.9 Å². The molecule has 2 aromatic carbocycles. The summed E-state index contributed by atoms with van der Waals surface area (Å²) in [5.41, 5.74) is 0. The summed E-state index contributed by atoms with van der Waals surface area (Å²) in [5, 5.41) is 1.83. The Bertz CT molecular complexity index is 466. The van der Waals surface area contributed by atoms with Gasteiger partial charge in [0, 0.05) is 6.07 Å². The molecule has 4 heteroatoms. The first kappa shape index (κ1) is 12.4. The minimum atomic E-state index is 0.567. The SMILES string of the molecule is COc1[c]c2cc(OC)c(OC)cc2cc1OC. The molecular weight excluding hydrogens is 232 g/mol. The highest BCUT2D eigenvalue weighted by molar-refractivity contribution is 5.88. The lowest BCUT2D eigenvalue weighted by atomic mass is 10.1. The van der Waals surface area contributed by atoms with E-state index in [4.69, 9.17) is 18.9 Å². The molecule has 0 aliphatic heterocycles. The largest absolute Gasteiger partial charge is 0.493 e. The molecule has 0 saturated heterocycles. The van der Waals surface area contributed by atoms with Crippen LogP contribution in [0.4, 0.5) is 0 Å². The Morgan fingerprint density at radius 2 is 1.28 bits per heavy atom. The smallest absolute Gasteiger partial charge is 0.169 e. The van der Waals surface area contributed by atoms with Gasteiger partial charge in [0.15, 0.2) is 23.0 Å². The standard InChI is InChI=1S/C14H15O4/c1-15-11-5-9-7-13(17-3)14(18-4)8-10(9)6-12(11)16-2/h5-7H,1-4H3. The zero-order valence-corrected chi connectivity index (χ0v) is 10.9. The molecule has 95 valence electrons. The minimum Gasteiger partial charge on any atom is -0.493 e. The quantitative estimate of drug-likeness (QED) is 0.832. The molecule has 0 saturated carbocycles. The molecule has 2 aromatic rings. The summed E-state index contributed by atoms with van der Waals surface area (Å²) in [6.07, 6.45) is 0. The Labute approximate surface area is 106 Å². The van der Waals surface area contributed by atoms with Gasteiger partial charge in [-0.2, -0.15) is 0 Å². The molecule has 0 atom stereocenters. The molecular formula is C14H15O4. The molecule has 1 radical (unpaired) electrons. The monoisotopic (exact) mass is 247 g/mol. The van der Waals surface area contributed by atoms with Crippen LogP contribution >= 0.6 is 0 Å². The Morgan fingerprint density at radius 3 is 1.83 bits per heavy atom. The van der Waals surface area contributed by atoms with Crippen LogP contribution in [0.2, 0.25) is 0 Å². The maximum absolute atomic E-state index is 5.26. The van der Waals surface area contributed by atoms with Gasteiger partial charge in [0.2, 0.25) is 0 Å². The number of ether oxygens (including phenoxy) is 4. The second-order valence-electron chi connectivity index (χ2n) is 3.67. The van der Waals surface area contributed by atoms with Crippen molar-refractivity contribution in [2.75, 3.05) is 28.4 Å². The summed E-state index contributed by atoms with van der Waals surface area (Å²) in [6.45, 7) is 0. The first-order chi connectivity index (χ1) is 8.73. The molecule has 0 amide bonds. The van der Waals surface area contributed by atoms with Crippen molar-refractivity contribution in [1.82, 2.24) is 0 Å². The molecule has 0 fully saturated rings. The average Bonchev–Trinajstić information content (AvgIpc) is 2.43. The number of methoxy groups -OCH3 is 4. The molecule has 0 heterocycles. The van der Waals surface area contributed by atoms with Gasteiger partial charge in [-0.05, 0) is 29.0 Å². The normalized spacial score (nSPS) is 10.2. The molecule has 0 N–H and O–H groups in total. The summed E-state index contributed by atoms with van der Waals surface area (Å²) in [4.78, 5) is 0. The highest BCUT2D eigenvalue weighted by atomic mass is 16.5. The zero-order valence-electron chi connectivity index (χ0n) is 10.9. The van der Waals surface area contributed by atoms with Crippen molar-refractivity contribution in [1.29, 1.82) is 0 Å². The van der Waals surface area contributed by atoms with Crippen LogP contribution in [0, 0.1) is 6.07 Å². The number of hydrogen-bond acceptors (Lipinski definition) is 4. The van der Waals surface area contributed by atoms with Crippen molar-refractivity contribution in [3.05, 3.63) is 24.3 Å². The van der Waals surface area contributed by atoms with Crippen LogP contribution in [-0.4, -0.2) is 28.4 Å². The topological polar surface area (TPSA) is 36.9 Å². The fraction of sp³-hybridized carbons (Fsp3) is 0.286. The van der Waals surface area contributed by atoms with Crippen LogP contribution in [0.5, 0.6) is 23.0 Å². The zero-order chi connectivity index (χ0) is 13.1. The van der Waals surface area contributed by atoms with Gasteiger partial charge in [-0.15, -0.1) is 0 Å². The van der Waals surface area contributed by atoms with Gasteiger partial charge in [0.25, 0.3) is 0 Å². The van der Waals surface area contributed by atoms with E-state index in [0.717, 1.165) is 10.8 Å². The van der Waals surface area contributed by atoms with E-state index in [1.54, 1.807) is 28.4 Å². The molecule has 2 rings (SSSR count). The fourth-order valence-electron chi connectivity index (χ4n) is 1.82. The second kappa shape index (κ2) is 5.04. The van der Waals surface area contributed by atoms with Crippen molar-refractivity contribution in [2.24, 2.45) is 0 Å². The predicted molar refractivity (Wildman–Crippen MR) is 69.0 cm³/mol. The third kappa shape index (κ3) is 2.01. The van der Waals surface area contributed by atoms with E-state index in [1.165, 1.54) is 0 Å². The number of fused-ring (bicyclic) bond motifs is 1. The van der Waals surface area contributed by atoms with Gasteiger partial charge in [-0.1, -0.05) is 0 Å². The van der Waals surface area contributed by atoms with Crippen LogP contribution < -0.4 is 18.9 Å². The highest BCUT2D eigenvalue weighted by Gasteiger charge is 2.10. The molecule has 0 aromatic heterocycles. The number of hydrogen-bond donors (Lipinski definition) is 0. The predicted octanol–water partition coefficient (Wildman–Crippen LogP) is 2.67. The lowest BCUT2D eigenvalue weighted by molar-refractivity contribution is 0.353. The van der Waals surface area contributed by atoms with Crippen molar-refractivity contribution in [2.45, 2.75) is 0 Å². The van der Waals surface area contributed by atoms with Gasteiger partial charge in [0.1, 0.15) is 0 Å². The summed E-state index contributed by atoms with van der Waals surface area (Å²) in [6, 6.07) is 8.76. The van der Waals surface area contributed by atoms with Crippen LogP contribution in [0.3, 0.4) is 0 Å². The van der Waals surface area contributed by atoms with Crippen LogP contribution in [0.25, 0.3) is 10.8 Å². The first-order valence-corrected chi connectivity index (χ1v) is 5.43. The number of rotatable bonds is 4. The third-order valence-electron chi connectivity index (χ3n) is 2.74. The van der Waals surface area contributed by atoms with Gasteiger partial charge in [0.05, 0.1) is 28.4 Å². The summed E-state index contributed by atoms with van der Waals surface area (Å²) >= 11 is 0. The average molecular weight is 247 g/mol. The van der Waals surface area contributed by atoms with E-state index < -0.39 is 0 Å². The third-order valence-corrected chi connectivity index (χ3v) is 2.74. The van der Waals surface area contributed by atoms with Crippen LogP contribution in [0.1, 0.15) is 0 Å². The van der Waals surface area contributed by atoms with Crippen molar-refractivity contribution >= 4 is 10.8 Å². The Morgan fingerprint density at radius 1 is 0.722 bits per heavy atom. The van der Waals surface area contributed by atoms with E-state index in [-0.39, 0.29) is 0 Å². The summed E-state index contributed by atoms with van der Waals surface area (Å²) < 4.78 is 21.0. The van der Waals surface area contributed by atoms with E-state index in [0.29, 0.717) is 23.0 Å². The molecule has 0 spiro atoms. The Kier molecular flexibility index (Phi) is 3.46. The molecule has 0 aliphatic rings. The summed E-state index contributed by atoms with van der Waals surface area (Å²) in [5.74, 6) is 2.54. The van der Waals surface area contributed by atoms with E-state index in [2.05, 4.69) is 6.07 Å². The number of benzene rings is 2. The molecule has 0 aliphatic carbocycles. The summed E-state index contributed by atoms with van der Waals surface area (Å²) in [7, 11) is 6.39. The van der Waals surface area contributed by atoms with E-state index >= 15 is 0 Å². The van der Waals surface area contributed by atoms with E-state index in [9.17, 15) is 0 Å². The van der Waals surface area contributed by atoms with Crippen molar-refractivity contribution in [3.63, 3.8) is 0 Å². The maximum Gasteiger partial charge on any atom is 0.169 e. The Balaban J connectivity index is 2.69. The van der Waals surface area contributed by atoms with E-state index in [1.807, 2.05) is 18.2 Å². The van der Waals surface area contributed by atoms with Gasteiger partial charge in [-0.25, -0.2) is 0 Å². The minimum absolute atomic E-state index is 0.567. The van der Waals surface area contributed by atoms with Gasteiger partial charge >= 0.3 is 0 Å². The lowest BCUT2D eigenvalue weighted by Gasteiger charge is -2.12. The lowest BCUT2D eigenvalue weighted by Crippen LogP contribution is -1.93. The maximum atomic E-state index is 5.26. The Hall–Kier alpha value is -2.10. The second-order valence-corrected chi connectivity index (χ2v) is 3.67. The molecule has 4 nitrogen and oxygen atoms in total. The molecule has 0 bridgehead atoms.